The van der Waals surface area contributed by atoms with Gasteiger partial charge in [-0.1, -0.05) is 0 Å². The lowest BCUT2D eigenvalue weighted by Crippen LogP contribution is -2.39. The van der Waals surface area contributed by atoms with E-state index in [2.05, 4.69) is 15.1 Å². The first-order chi connectivity index (χ1) is 13.1. The van der Waals surface area contributed by atoms with Gasteiger partial charge in [-0.25, -0.2) is 13.8 Å². The van der Waals surface area contributed by atoms with E-state index in [1.807, 2.05) is 4.90 Å². The van der Waals surface area contributed by atoms with Crippen molar-refractivity contribution in [1.82, 2.24) is 24.5 Å². The molecule has 2 atom stereocenters. The number of likely N-dealkylation sites (tertiary alicyclic amines) is 1. The van der Waals surface area contributed by atoms with Crippen LogP contribution in [0.5, 0.6) is 0 Å². The molecule has 4 rings (SSSR count). The van der Waals surface area contributed by atoms with Gasteiger partial charge in [0.05, 0.1) is 11.8 Å². The van der Waals surface area contributed by atoms with E-state index in [1.165, 1.54) is 12.4 Å². The van der Waals surface area contributed by atoms with Gasteiger partial charge in [-0.05, 0) is 38.2 Å². The molecule has 7 nitrogen and oxygen atoms in total. The first-order valence-electron chi connectivity index (χ1n) is 9.50. The number of ether oxygens (including phenoxy) is 1. The predicted molar refractivity (Wildman–Crippen MR) is 92.5 cm³/mol. The van der Waals surface area contributed by atoms with Crippen molar-refractivity contribution < 1.29 is 18.3 Å². The number of hydrogen-bond donors (Lipinski definition) is 0. The van der Waals surface area contributed by atoms with Crippen molar-refractivity contribution in [2.45, 2.75) is 57.0 Å². The van der Waals surface area contributed by atoms with Crippen LogP contribution in [-0.4, -0.2) is 56.2 Å². The number of fused-ring (bicyclic) bond motifs is 1. The van der Waals surface area contributed by atoms with Crippen molar-refractivity contribution in [2.75, 3.05) is 19.7 Å². The molecule has 0 aliphatic carbocycles. The second-order valence-electron chi connectivity index (χ2n) is 7.23. The van der Waals surface area contributed by atoms with Crippen LogP contribution in [0.3, 0.4) is 0 Å². The van der Waals surface area contributed by atoms with Crippen LogP contribution < -0.4 is 0 Å². The zero-order chi connectivity index (χ0) is 18.8. The number of carbonyl (C=O) groups is 1. The van der Waals surface area contributed by atoms with Gasteiger partial charge < -0.3 is 9.64 Å². The van der Waals surface area contributed by atoms with Crippen molar-refractivity contribution in [3.8, 4) is 0 Å². The number of rotatable bonds is 5. The average Bonchev–Trinajstić information content (AvgIpc) is 3.36. The lowest BCUT2D eigenvalue weighted by molar-refractivity contribution is -0.133. The molecule has 27 heavy (non-hydrogen) atoms. The topological polar surface area (TPSA) is 72.6 Å². The number of piperidine rings is 1. The van der Waals surface area contributed by atoms with E-state index in [1.54, 1.807) is 0 Å². The number of amides is 1. The van der Waals surface area contributed by atoms with Crippen molar-refractivity contribution in [2.24, 2.45) is 0 Å². The summed E-state index contributed by atoms with van der Waals surface area (Å²) in [7, 11) is 0. The lowest BCUT2D eigenvalue weighted by Gasteiger charge is -2.33. The summed E-state index contributed by atoms with van der Waals surface area (Å²) in [5.74, 6) is 0.210. The zero-order valence-corrected chi connectivity index (χ0v) is 15.1. The zero-order valence-electron chi connectivity index (χ0n) is 15.1. The number of aromatic nitrogens is 4. The van der Waals surface area contributed by atoms with Crippen molar-refractivity contribution in [3.05, 3.63) is 23.8 Å². The minimum absolute atomic E-state index is 0.0652. The van der Waals surface area contributed by atoms with Crippen molar-refractivity contribution >= 4 is 11.7 Å². The molecular weight excluding hydrogens is 356 g/mol. The van der Waals surface area contributed by atoms with E-state index in [9.17, 15) is 13.6 Å². The number of nitrogens with zero attached hydrogens (tertiary/aromatic N) is 5. The van der Waals surface area contributed by atoms with Gasteiger partial charge >= 0.3 is 0 Å². The van der Waals surface area contributed by atoms with E-state index in [-0.39, 0.29) is 29.4 Å². The standard InChI is InChI=1S/C18H23F2N5O2/c19-17(20)15-9-14(23-18-21-11-22-25(15)18)12-3-1-7-24(10-12)16(26)6-5-13-4-2-8-27-13/h9,11-13,17H,1-8,10H2/t12-,13+/m0/s1. The van der Waals surface area contributed by atoms with Crippen LogP contribution in [-0.2, 0) is 9.53 Å². The fourth-order valence-electron chi connectivity index (χ4n) is 3.98. The van der Waals surface area contributed by atoms with E-state index < -0.39 is 6.43 Å². The van der Waals surface area contributed by atoms with Gasteiger partial charge in [0.2, 0.25) is 5.91 Å². The Morgan fingerprint density at radius 1 is 1.33 bits per heavy atom. The molecule has 0 unspecified atom stereocenters. The highest BCUT2D eigenvalue weighted by atomic mass is 19.3. The summed E-state index contributed by atoms with van der Waals surface area (Å²) in [5.41, 5.74) is 0.344. The maximum absolute atomic E-state index is 13.4. The largest absolute Gasteiger partial charge is 0.378 e. The molecule has 0 aromatic carbocycles. The Morgan fingerprint density at radius 2 is 2.22 bits per heavy atom. The maximum Gasteiger partial charge on any atom is 0.280 e. The summed E-state index contributed by atoms with van der Waals surface area (Å²) >= 11 is 0. The molecule has 2 aliphatic rings. The predicted octanol–water partition coefficient (Wildman–Crippen LogP) is 2.73. The van der Waals surface area contributed by atoms with Crippen molar-refractivity contribution in [1.29, 1.82) is 0 Å². The molecule has 146 valence electrons. The molecule has 2 saturated heterocycles. The Hall–Kier alpha value is -2.16. The van der Waals surface area contributed by atoms with Gasteiger partial charge in [0.25, 0.3) is 12.2 Å². The lowest BCUT2D eigenvalue weighted by atomic mass is 9.93. The Bertz CT molecular complexity index is 806. The number of halogens is 2. The van der Waals surface area contributed by atoms with Crippen LogP contribution in [0.2, 0.25) is 0 Å². The molecule has 2 aromatic rings. The average molecular weight is 379 g/mol. The van der Waals surface area contributed by atoms with Gasteiger partial charge in [-0.15, -0.1) is 0 Å². The van der Waals surface area contributed by atoms with Gasteiger partial charge in [0, 0.05) is 32.0 Å². The summed E-state index contributed by atoms with van der Waals surface area (Å²) in [5, 5.41) is 3.82. The minimum Gasteiger partial charge on any atom is -0.378 e. The normalized spacial score (nSPS) is 23.4. The molecule has 0 bridgehead atoms. The quantitative estimate of drug-likeness (QED) is 0.799. The first kappa shape index (κ1) is 18.2. The summed E-state index contributed by atoms with van der Waals surface area (Å²) in [6.07, 6.45) is 3.71. The SMILES string of the molecule is O=C(CC[C@H]1CCCO1)N1CCC[C@H](c2cc(C(F)F)n3ncnc3n2)C1. The Balaban J connectivity index is 1.46. The number of alkyl halides is 2. The minimum atomic E-state index is -2.66. The third-order valence-electron chi connectivity index (χ3n) is 5.42. The summed E-state index contributed by atoms with van der Waals surface area (Å²) in [6, 6.07) is 1.40. The molecule has 4 heterocycles. The monoisotopic (exact) mass is 379 g/mol. The molecule has 0 radical (unpaired) electrons. The van der Waals surface area contributed by atoms with E-state index in [4.69, 9.17) is 4.74 Å². The Morgan fingerprint density at radius 3 is 3.00 bits per heavy atom. The van der Waals surface area contributed by atoms with Crippen LogP contribution in [0, 0.1) is 0 Å². The summed E-state index contributed by atoms with van der Waals surface area (Å²) in [6.45, 7) is 1.99. The second kappa shape index (κ2) is 7.84. The molecule has 0 spiro atoms. The van der Waals surface area contributed by atoms with Gasteiger partial charge in [-0.2, -0.15) is 14.6 Å². The van der Waals surface area contributed by atoms with Gasteiger partial charge in [-0.3, -0.25) is 4.79 Å². The summed E-state index contributed by atoms with van der Waals surface area (Å²) < 4.78 is 33.4. The smallest absolute Gasteiger partial charge is 0.280 e. The van der Waals surface area contributed by atoms with Crippen LogP contribution in [0.1, 0.15) is 62.3 Å². The summed E-state index contributed by atoms with van der Waals surface area (Å²) in [4.78, 5) is 22.8. The van der Waals surface area contributed by atoms with Gasteiger partial charge in [0.1, 0.15) is 12.0 Å². The van der Waals surface area contributed by atoms with Crippen LogP contribution in [0.25, 0.3) is 5.78 Å². The highest BCUT2D eigenvalue weighted by Gasteiger charge is 2.28. The fourth-order valence-corrected chi connectivity index (χ4v) is 3.98. The van der Waals surface area contributed by atoms with E-state index in [0.717, 1.165) is 43.2 Å². The highest BCUT2D eigenvalue weighted by Crippen LogP contribution is 2.29. The van der Waals surface area contributed by atoms with Crippen LogP contribution in [0.15, 0.2) is 12.4 Å². The van der Waals surface area contributed by atoms with Crippen molar-refractivity contribution in [3.63, 3.8) is 0 Å². The molecule has 2 fully saturated rings. The molecule has 1 amide bonds. The van der Waals surface area contributed by atoms with Gasteiger partial charge in [0.15, 0.2) is 0 Å². The van der Waals surface area contributed by atoms with E-state index in [0.29, 0.717) is 25.2 Å². The van der Waals surface area contributed by atoms with Crippen LogP contribution >= 0.6 is 0 Å². The molecule has 2 aliphatic heterocycles. The molecule has 0 saturated carbocycles. The maximum atomic E-state index is 13.4. The Labute approximate surface area is 155 Å². The second-order valence-corrected chi connectivity index (χ2v) is 7.23. The third kappa shape index (κ3) is 3.92. The fraction of sp³-hybridized carbons (Fsp3) is 0.667. The third-order valence-corrected chi connectivity index (χ3v) is 5.42. The van der Waals surface area contributed by atoms with Crippen LogP contribution in [0.4, 0.5) is 8.78 Å². The first-order valence-corrected chi connectivity index (χ1v) is 9.50. The highest BCUT2D eigenvalue weighted by molar-refractivity contribution is 5.76. The molecule has 2 aromatic heterocycles. The molecule has 0 N–H and O–H groups in total. The number of hydrogen-bond acceptors (Lipinski definition) is 5. The van der Waals surface area contributed by atoms with E-state index >= 15 is 0 Å². The molecule has 9 heteroatoms. The Kier molecular flexibility index (Phi) is 5.29. The molecular formula is C18H23F2N5O2. The number of carbonyl (C=O) groups excluding carboxylic acids is 1.